The number of rotatable bonds is 9. The van der Waals surface area contributed by atoms with Crippen molar-refractivity contribution in [3.63, 3.8) is 0 Å². The first kappa shape index (κ1) is 20.5. The van der Waals surface area contributed by atoms with Crippen molar-refractivity contribution in [3.05, 3.63) is 0 Å². The SMILES string of the molecule is CCOC(=O)CC(C(=O)OCC)C(CC)C(C)(C#N)C1CCCC1. The zero-order valence-electron chi connectivity index (χ0n) is 15.5. The van der Waals surface area contributed by atoms with Crippen molar-refractivity contribution in [2.24, 2.45) is 23.2 Å². The first-order valence-corrected chi connectivity index (χ1v) is 9.17. The minimum absolute atomic E-state index is 0.0187. The number of carbonyl (C=O) groups is 2. The summed E-state index contributed by atoms with van der Waals surface area (Å²) in [7, 11) is 0. The van der Waals surface area contributed by atoms with Gasteiger partial charge in [0.25, 0.3) is 0 Å². The highest BCUT2D eigenvalue weighted by molar-refractivity contribution is 5.80. The van der Waals surface area contributed by atoms with Crippen LogP contribution >= 0.6 is 0 Å². The maximum Gasteiger partial charge on any atom is 0.309 e. The van der Waals surface area contributed by atoms with Gasteiger partial charge in [-0.05, 0) is 45.4 Å². The second-order valence-corrected chi connectivity index (χ2v) is 6.76. The minimum Gasteiger partial charge on any atom is -0.466 e. The lowest BCUT2D eigenvalue weighted by Gasteiger charge is -2.39. The highest BCUT2D eigenvalue weighted by atomic mass is 16.5. The lowest BCUT2D eigenvalue weighted by molar-refractivity contribution is -0.159. The standard InChI is InChI=1S/C19H31NO4/c1-5-16(19(4,13-20)14-10-8-9-11-14)15(18(22)24-7-3)12-17(21)23-6-2/h14-16H,5-12H2,1-4H3. The number of carbonyl (C=O) groups excluding carboxylic acids is 2. The van der Waals surface area contributed by atoms with Crippen LogP contribution in [0.1, 0.15) is 66.2 Å². The molecule has 0 amide bonds. The van der Waals surface area contributed by atoms with E-state index in [1.807, 2.05) is 13.8 Å². The Morgan fingerprint density at radius 2 is 1.75 bits per heavy atom. The van der Waals surface area contributed by atoms with Crippen LogP contribution in [0.5, 0.6) is 0 Å². The molecule has 1 fully saturated rings. The van der Waals surface area contributed by atoms with Gasteiger partial charge in [0, 0.05) is 0 Å². The molecule has 0 aromatic carbocycles. The molecule has 0 aliphatic heterocycles. The Labute approximate surface area is 145 Å². The van der Waals surface area contributed by atoms with Crippen LogP contribution in [0.3, 0.4) is 0 Å². The van der Waals surface area contributed by atoms with Crippen molar-refractivity contribution in [3.8, 4) is 6.07 Å². The summed E-state index contributed by atoms with van der Waals surface area (Å²) >= 11 is 0. The fourth-order valence-corrected chi connectivity index (χ4v) is 4.17. The normalized spacial score (nSPS) is 19.8. The molecule has 5 heteroatoms. The van der Waals surface area contributed by atoms with Crippen molar-refractivity contribution in [1.29, 1.82) is 5.26 Å². The zero-order valence-corrected chi connectivity index (χ0v) is 15.5. The van der Waals surface area contributed by atoms with Crippen molar-refractivity contribution in [2.45, 2.75) is 66.2 Å². The van der Waals surface area contributed by atoms with Gasteiger partial charge in [-0.25, -0.2) is 0 Å². The quantitative estimate of drug-likeness (QED) is 0.597. The van der Waals surface area contributed by atoms with Crippen LogP contribution < -0.4 is 0 Å². The Morgan fingerprint density at radius 1 is 1.17 bits per heavy atom. The maximum absolute atomic E-state index is 12.5. The van der Waals surface area contributed by atoms with Crippen LogP contribution in [-0.2, 0) is 19.1 Å². The fourth-order valence-electron chi connectivity index (χ4n) is 4.17. The van der Waals surface area contributed by atoms with Crippen LogP contribution in [0.4, 0.5) is 0 Å². The topological polar surface area (TPSA) is 76.4 Å². The van der Waals surface area contributed by atoms with E-state index in [-0.39, 0.29) is 31.5 Å². The van der Waals surface area contributed by atoms with E-state index in [4.69, 9.17) is 9.47 Å². The van der Waals surface area contributed by atoms with Crippen molar-refractivity contribution < 1.29 is 19.1 Å². The second-order valence-electron chi connectivity index (χ2n) is 6.76. The van der Waals surface area contributed by atoms with E-state index in [1.165, 1.54) is 0 Å². The first-order valence-electron chi connectivity index (χ1n) is 9.17. The van der Waals surface area contributed by atoms with Gasteiger partial charge in [-0.2, -0.15) is 5.26 Å². The summed E-state index contributed by atoms with van der Waals surface area (Å²) in [6.07, 6.45) is 4.91. The van der Waals surface area contributed by atoms with Gasteiger partial charge in [0.2, 0.25) is 0 Å². The van der Waals surface area contributed by atoms with Crippen LogP contribution in [0.2, 0.25) is 0 Å². The summed E-state index contributed by atoms with van der Waals surface area (Å²) in [5.41, 5.74) is -0.630. The summed E-state index contributed by atoms with van der Waals surface area (Å²) in [5.74, 6) is -1.36. The predicted octanol–water partition coefficient (Wildman–Crippen LogP) is 3.87. The average Bonchev–Trinajstić information content (AvgIpc) is 3.09. The monoisotopic (exact) mass is 337 g/mol. The van der Waals surface area contributed by atoms with Crippen LogP contribution in [0.15, 0.2) is 0 Å². The molecule has 0 aromatic heterocycles. The summed E-state index contributed by atoms with van der Waals surface area (Å²) in [4.78, 5) is 24.5. The lowest BCUT2D eigenvalue weighted by Crippen LogP contribution is -2.41. The molecule has 0 bridgehead atoms. The van der Waals surface area contributed by atoms with Crippen LogP contribution in [0, 0.1) is 34.5 Å². The molecule has 5 nitrogen and oxygen atoms in total. The van der Waals surface area contributed by atoms with Gasteiger partial charge >= 0.3 is 11.9 Å². The number of hydrogen-bond acceptors (Lipinski definition) is 5. The Kier molecular flexibility index (Phi) is 8.24. The predicted molar refractivity (Wildman–Crippen MR) is 90.8 cm³/mol. The van der Waals surface area contributed by atoms with Gasteiger partial charge in [-0.15, -0.1) is 0 Å². The molecule has 136 valence electrons. The Hall–Kier alpha value is -1.57. The third-order valence-electron chi connectivity index (χ3n) is 5.42. The Balaban J connectivity index is 3.11. The van der Waals surface area contributed by atoms with Gasteiger partial charge in [0.15, 0.2) is 0 Å². The van der Waals surface area contributed by atoms with E-state index in [2.05, 4.69) is 6.07 Å². The third kappa shape index (κ3) is 4.72. The summed E-state index contributed by atoms with van der Waals surface area (Å²) < 4.78 is 10.2. The molecule has 0 aromatic rings. The molecule has 3 unspecified atom stereocenters. The number of nitriles is 1. The molecular formula is C19H31NO4. The molecule has 1 aliphatic rings. The Bertz CT molecular complexity index is 464. The number of esters is 2. The number of nitrogens with zero attached hydrogens (tertiary/aromatic N) is 1. The number of ether oxygens (including phenoxy) is 2. The highest BCUT2D eigenvalue weighted by Crippen LogP contribution is 2.49. The molecule has 1 rings (SSSR count). The second kappa shape index (κ2) is 9.66. The van der Waals surface area contributed by atoms with E-state index in [9.17, 15) is 14.9 Å². The molecule has 3 atom stereocenters. The summed E-state index contributed by atoms with van der Waals surface area (Å²) in [5, 5.41) is 9.93. The van der Waals surface area contributed by atoms with Crippen LogP contribution in [-0.4, -0.2) is 25.2 Å². The van der Waals surface area contributed by atoms with E-state index in [1.54, 1.807) is 13.8 Å². The molecule has 0 N–H and O–H groups in total. The summed E-state index contributed by atoms with van der Waals surface area (Å²) in [6.45, 7) is 7.97. The molecular weight excluding hydrogens is 306 g/mol. The zero-order chi connectivity index (χ0) is 18.2. The third-order valence-corrected chi connectivity index (χ3v) is 5.42. The van der Waals surface area contributed by atoms with Gasteiger partial charge in [-0.3, -0.25) is 9.59 Å². The smallest absolute Gasteiger partial charge is 0.309 e. The minimum atomic E-state index is -0.630. The first-order chi connectivity index (χ1) is 11.4. The largest absolute Gasteiger partial charge is 0.466 e. The van der Waals surface area contributed by atoms with Crippen molar-refractivity contribution >= 4 is 11.9 Å². The van der Waals surface area contributed by atoms with Gasteiger partial charge in [0.05, 0.1) is 37.0 Å². The molecule has 0 spiro atoms. The average molecular weight is 337 g/mol. The van der Waals surface area contributed by atoms with E-state index in [0.29, 0.717) is 6.42 Å². The van der Waals surface area contributed by atoms with Gasteiger partial charge in [-0.1, -0.05) is 26.2 Å². The summed E-state index contributed by atoms with van der Waals surface area (Å²) in [6, 6.07) is 2.49. The molecule has 0 radical (unpaired) electrons. The molecule has 0 saturated heterocycles. The van der Waals surface area contributed by atoms with E-state index >= 15 is 0 Å². The molecule has 24 heavy (non-hydrogen) atoms. The highest BCUT2D eigenvalue weighted by Gasteiger charge is 2.48. The maximum atomic E-state index is 12.5. The van der Waals surface area contributed by atoms with E-state index in [0.717, 1.165) is 25.7 Å². The van der Waals surface area contributed by atoms with E-state index < -0.39 is 23.3 Å². The number of hydrogen-bond donors (Lipinski definition) is 0. The molecule has 1 saturated carbocycles. The lowest BCUT2D eigenvalue weighted by atomic mass is 9.62. The Morgan fingerprint density at radius 3 is 2.21 bits per heavy atom. The molecule has 1 aliphatic carbocycles. The fraction of sp³-hybridized carbons (Fsp3) is 0.842. The van der Waals surface area contributed by atoms with Gasteiger partial charge < -0.3 is 9.47 Å². The van der Waals surface area contributed by atoms with Gasteiger partial charge in [0.1, 0.15) is 0 Å². The van der Waals surface area contributed by atoms with Crippen LogP contribution in [0.25, 0.3) is 0 Å². The molecule has 0 heterocycles. The van der Waals surface area contributed by atoms with Crippen molar-refractivity contribution in [2.75, 3.05) is 13.2 Å². The van der Waals surface area contributed by atoms with Crippen molar-refractivity contribution in [1.82, 2.24) is 0 Å².